The molecule has 0 amide bonds. The average molecular weight is 396 g/mol. The Morgan fingerprint density at radius 3 is 2.33 bits per heavy atom. The normalized spacial score (nSPS) is 16.4. The number of likely N-dealkylation sites (N-methyl/N-ethyl adjacent to an activating group) is 1. The molecule has 1 aliphatic rings. The van der Waals surface area contributed by atoms with Gasteiger partial charge in [-0.1, -0.05) is 0 Å². The van der Waals surface area contributed by atoms with Crippen LogP contribution in [0.15, 0.2) is 41.3 Å². The van der Waals surface area contributed by atoms with Gasteiger partial charge in [0.05, 0.1) is 10.5 Å². The molecular formula is C18H18F2N2O4S. The van der Waals surface area contributed by atoms with E-state index in [2.05, 4.69) is 0 Å². The maximum atomic E-state index is 14.1. The average Bonchev–Trinajstić information content (AvgIpc) is 2.63. The summed E-state index contributed by atoms with van der Waals surface area (Å²) < 4.78 is 54.8. The van der Waals surface area contributed by atoms with Crippen LogP contribution in [0, 0.1) is 11.6 Å². The maximum Gasteiger partial charge on any atom is 0.335 e. The molecular weight excluding hydrogens is 378 g/mol. The van der Waals surface area contributed by atoms with Crippen molar-refractivity contribution in [1.29, 1.82) is 0 Å². The summed E-state index contributed by atoms with van der Waals surface area (Å²) in [6.45, 7) is 1.62. The molecule has 0 radical (unpaired) electrons. The Morgan fingerprint density at radius 1 is 1.04 bits per heavy atom. The molecule has 0 aromatic heterocycles. The minimum atomic E-state index is -3.97. The van der Waals surface area contributed by atoms with E-state index < -0.39 is 27.6 Å². The number of hydrogen-bond acceptors (Lipinski definition) is 4. The first-order valence-electron chi connectivity index (χ1n) is 8.21. The molecule has 1 fully saturated rings. The number of carboxylic acid groups (broad SMARTS) is 1. The Balaban J connectivity index is 2.12. The fraction of sp³-hybridized carbons (Fsp3) is 0.278. The second-order valence-corrected chi connectivity index (χ2v) is 8.32. The molecule has 0 atom stereocenters. The molecule has 1 aliphatic heterocycles. The van der Waals surface area contributed by atoms with Gasteiger partial charge in [0.15, 0.2) is 0 Å². The molecule has 27 heavy (non-hydrogen) atoms. The number of piperazine rings is 1. The summed E-state index contributed by atoms with van der Waals surface area (Å²) in [6.07, 6.45) is 0. The van der Waals surface area contributed by atoms with Crippen LogP contribution in [-0.4, -0.2) is 61.9 Å². The van der Waals surface area contributed by atoms with E-state index in [1.165, 1.54) is 10.4 Å². The van der Waals surface area contributed by atoms with E-state index in [9.17, 15) is 27.1 Å². The summed E-state index contributed by atoms with van der Waals surface area (Å²) in [4.78, 5) is 13.2. The highest BCUT2D eigenvalue weighted by atomic mass is 32.2. The SMILES string of the molecule is CN1CCN(S(=O)(=O)c2cc(C(=O)O)cc(-c3cc(F)ccc3F)c2)CC1. The lowest BCUT2D eigenvalue weighted by Gasteiger charge is -2.31. The Bertz CT molecular complexity index is 987. The van der Waals surface area contributed by atoms with E-state index >= 15 is 0 Å². The number of halogens is 2. The summed E-state index contributed by atoms with van der Waals surface area (Å²) >= 11 is 0. The van der Waals surface area contributed by atoms with Crippen LogP contribution in [0.2, 0.25) is 0 Å². The van der Waals surface area contributed by atoms with Crippen LogP contribution < -0.4 is 0 Å². The van der Waals surface area contributed by atoms with E-state index in [0.717, 1.165) is 30.3 Å². The zero-order valence-electron chi connectivity index (χ0n) is 14.5. The lowest BCUT2D eigenvalue weighted by molar-refractivity contribution is 0.0696. The van der Waals surface area contributed by atoms with Gasteiger partial charge in [-0.05, 0) is 49.0 Å². The molecule has 2 aromatic rings. The third kappa shape index (κ3) is 4.00. The van der Waals surface area contributed by atoms with E-state index in [1.54, 1.807) is 0 Å². The molecule has 1 heterocycles. The number of carboxylic acids is 1. The van der Waals surface area contributed by atoms with Crippen molar-refractivity contribution in [3.8, 4) is 11.1 Å². The molecule has 144 valence electrons. The van der Waals surface area contributed by atoms with Gasteiger partial charge < -0.3 is 10.0 Å². The first kappa shape index (κ1) is 19.4. The third-order valence-corrected chi connectivity index (χ3v) is 6.37. The van der Waals surface area contributed by atoms with Gasteiger partial charge >= 0.3 is 5.97 Å². The third-order valence-electron chi connectivity index (χ3n) is 4.49. The van der Waals surface area contributed by atoms with E-state index in [-0.39, 0.29) is 34.7 Å². The van der Waals surface area contributed by atoms with Crippen LogP contribution in [0.25, 0.3) is 11.1 Å². The standard InChI is InChI=1S/C18H18F2N2O4S/c1-21-4-6-22(7-5-21)27(25,26)15-9-12(8-13(10-15)18(23)24)16-11-14(19)2-3-17(16)20/h2-3,8-11H,4-7H2,1H3,(H,23,24). The fourth-order valence-corrected chi connectivity index (χ4v) is 4.42. The van der Waals surface area contributed by atoms with Crippen LogP contribution in [0.5, 0.6) is 0 Å². The molecule has 9 heteroatoms. The van der Waals surface area contributed by atoms with Gasteiger partial charge in [-0.15, -0.1) is 0 Å². The van der Waals surface area contributed by atoms with Crippen LogP contribution >= 0.6 is 0 Å². The predicted molar refractivity (Wildman–Crippen MR) is 95.0 cm³/mol. The number of rotatable bonds is 4. The molecule has 0 bridgehead atoms. The molecule has 3 rings (SSSR count). The van der Waals surface area contributed by atoms with Gasteiger partial charge in [-0.2, -0.15) is 4.31 Å². The molecule has 1 N–H and O–H groups in total. The number of benzene rings is 2. The van der Waals surface area contributed by atoms with Gasteiger partial charge in [0, 0.05) is 31.7 Å². The van der Waals surface area contributed by atoms with Crippen molar-refractivity contribution in [3.63, 3.8) is 0 Å². The summed E-state index contributed by atoms with van der Waals surface area (Å²) in [5.74, 6) is -2.85. The predicted octanol–water partition coefficient (Wildman–Crippen LogP) is 2.27. The lowest BCUT2D eigenvalue weighted by Crippen LogP contribution is -2.47. The summed E-state index contributed by atoms with van der Waals surface area (Å²) in [5.41, 5.74) is -0.531. The fourth-order valence-electron chi connectivity index (χ4n) is 2.92. The summed E-state index contributed by atoms with van der Waals surface area (Å²) in [5, 5.41) is 9.33. The second-order valence-electron chi connectivity index (χ2n) is 6.38. The molecule has 0 unspecified atom stereocenters. The highest BCUT2D eigenvalue weighted by molar-refractivity contribution is 7.89. The van der Waals surface area contributed by atoms with Crippen LogP contribution in [-0.2, 0) is 10.0 Å². The van der Waals surface area contributed by atoms with Gasteiger partial charge in [0.1, 0.15) is 11.6 Å². The van der Waals surface area contributed by atoms with Crippen LogP contribution in [0.3, 0.4) is 0 Å². The summed E-state index contributed by atoms with van der Waals surface area (Å²) in [6, 6.07) is 6.09. The van der Waals surface area contributed by atoms with E-state index in [0.29, 0.717) is 13.1 Å². The van der Waals surface area contributed by atoms with E-state index in [4.69, 9.17) is 0 Å². The molecule has 0 spiro atoms. The molecule has 1 saturated heterocycles. The topological polar surface area (TPSA) is 77.9 Å². The molecule has 2 aromatic carbocycles. The number of aromatic carboxylic acids is 1. The van der Waals surface area contributed by atoms with Crippen molar-refractivity contribution in [2.45, 2.75) is 4.90 Å². The quantitative estimate of drug-likeness (QED) is 0.858. The highest BCUT2D eigenvalue weighted by Crippen LogP contribution is 2.29. The molecule has 0 aliphatic carbocycles. The Kier molecular flexibility index (Phi) is 5.27. The van der Waals surface area contributed by atoms with Crippen molar-refractivity contribution >= 4 is 16.0 Å². The maximum absolute atomic E-state index is 14.1. The van der Waals surface area contributed by atoms with Crippen molar-refractivity contribution in [2.75, 3.05) is 33.2 Å². The number of carbonyl (C=O) groups is 1. The zero-order chi connectivity index (χ0) is 19.8. The van der Waals surface area contributed by atoms with Crippen LogP contribution in [0.4, 0.5) is 8.78 Å². The lowest BCUT2D eigenvalue weighted by atomic mass is 10.0. The van der Waals surface area contributed by atoms with Gasteiger partial charge in [-0.3, -0.25) is 0 Å². The van der Waals surface area contributed by atoms with Crippen molar-refractivity contribution in [1.82, 2.24) is 9.21 Å². The number of sulfonamides is 1. The number of nitrogens with zero attached hydrogens (tertiary/aromatic N) is 2. The first-order valence-corrected chi connectivity index (χ1v) is 9.65. The van der Waals surface area contributed by atoms with Crippen LogP contribution in [0.1, 0.15) is 10.4 Å². The highest BCUT2D eigenvalue weighted by Gasteiger charge is 2.29. The Labute approximate surface area is 155 Å². The first-order chi connectivity index (χ1) is 12.7. The minimum Gasteiger partial charge on any atom is -0.478 e. The van der Waals surface area contributed by atoms with Crippen molar-refractivity contribution in [2.24, 2.45) is 0 Å². The summed E-state index contributed by atoms with van der Waals surface area (Å²) in [7, 11) is -2.09. The second kappa shape index (κ2) is 7.34. The molecule has 6 nitrogen and oxygen atoms in total. The smallest absolute Gasteiger partial charge is 0.335 e. The van der Waals surface area contributed by atoms with Gasteiger partial charge in [-0.25, -0.2) is 22.0 Å². The minimum absolute atomic E-state index is 0.0143. The Hall–Kier alpha value is -2.36. The molecule has 0 saturated carbocycles. The number of hydrogen-bond donors (Lipinski definition) is 1. The van der Waals surface area contributed by atoms with Crippen molar-refractivity contribution in [3.05, 3.63) is 53.6 Å². The largest absolute Gasteiger partial charge is 0.478 e. The van der Waals surface area contributed by atoms with Gasteiger partial charge in [0.2, 0.25) is 10.0 Å². The zero-order valence-corrected chi connectivity index (χ0v) is 15.3. The van der Waals surface area contributed by atoms with Crippen molar-refractivity contribution < 1.29 is 27.1 Å². The monoisotopic (exact) mass is 396 g/mol. The Morgan fingerprint density at radius 2 is 1.70 bits per heavy atom. The van der Waals surface area contributed by atoms with Gasteiger partial charge in [0.25, 0.3) is 0 Å². The van der Waals surface area contributed by atoms with E-state index in [1.807, 2.05) is 11.9 Å².